The average Bonchev–Trinajstić information content (AvgIpc) is 4.42. The highest BCUT2D eigenvalue weighted by Crippen LogP contribution is 2.41. The Hall–Kier alpha value is -6.40. The van der Waals surface area contributed by atoms with Crippen LogP contribution >= 0.6 is 22.7 Å². The molecule has 8 heterocycles. The molecule has 78 heavy (non-hydrogen) atoms. The molecule has 2 aliphatic carbocycles. The number of pyridine rings is 2. The Morgan fingerprint density at radius 1 is 0.679 bits per heavy atom. The summed E-state index contributed by atoms with van der Waals surface area (Å²) in [6, 6.07) is 5.38. The normalized spacial score (nSPS) is 18.8. The Morgan fingerprint density at radius 2 is 1.18 bits per heavy atom. The first-order chi connectivity index (χ1) is 37.9. The Balaban J connectivity index is 0.732. The first kappa shape index (κ1) is 54.9. The average molecular weight is 1150 g/mol. The number of carbonyl (C=O) groups excluding carboxylic acids is 2. The lowest BCUT2D eigenvalue weighted by molar-refractivity contribution is 0.0359. The number of amides is 2. The van der Waals surface area contributed by atoms with Gasteiger partial charge in [-0.2, -0.15) is 0 Å². The minimum atomic E-state index is -3.81. The van der Waals surface area contributed by atoms with Crippen molar-refractivity contribution in [2.75, 3.05) is 88.4 Å². The van der Waals surface area contributed by atoms with Crippen molar-refractivity contribution in [3.63, 3.8) is 0 Å². The molecule has 24 nitrogen and oxygen atoms in total. The predicted octanol–water partition coefficient (Wildman–Crippen LogP) is 4.59. The Morgan fingerprint density at radius 3 is 1.68 bits per heavy atom. The molecule has 28 heteroatoms. The zero-order chi connectivity index (χ0) is 54.1. The molecule has 6 aromatic rings. The second-order valence-electron chi connectivity index (χ2n) is 19.1. The van der Waals surface area contributed by atoms with Crippen molar-refractivity contribution >= 4 is 65.9 Å². The van der Waals surface area contributed by atoms with E-state index < -0.39 is 54.4 Å². The standard InChI is InChI=1S/C50H60N14O10S4/c1-2-73-45-30-51-26-40(57-45)42-28-55-49(75-42)47(65)60-37(8-13-64-16-21-72-22-17-64)39-25-34(6-11-54-39)62-78(69,70)44-23-32(44)9-18-74-46-31-52-27-41(58-46)43-29-56-50(76-43)48(66)59-36(7-12-63-14-19-71-20-15-63)38-24-33(5-10-53-38)61-77(67,68)35-3-4-35/h5-6,10-11,24-32,35-37,44H,2-4,7-9,12-23H2,1H3,(H,53,61)(H,54,62)(H,59,66)(H,60,65)/t32?,36-,37+,44?/m0/s1. The smallest absolute Gasteiger partial charge is 0.280 e. The molecule has 4 N–H and O–H groups in total. The van der Waals surface area contributed by atoms with Gasteiger partial charge in [-0.15, -0.1) is 22.7 Å². The van der Waals surface area contributed by atoms with Crippen LogP contribution < -0.4 is 29.6 Å². The van der Waals surface area contributed by atoms with Crippen molar-refractivity contribution in [3.8, 4) is 32.9 Å². The molecule has 2 saturated heterocycles. The molecule has 0 radical (unpaired) electrons. The first-order valence-corrected chi connectivity index (χ1v) is 30.6. The quantitative estimate of drug-likeness (QED) is 0.0577. The number of ether oxygens (including phenoxy) is 4. The van der Waals surface area contributed by atoms with Gasteiger partial charge in [0.25, 0.3) is 11.8 Å². The van der Waals surface area contributed by atoms with Gasteiger partial charge >= 0.3 is 0 Å². The van der Waals surface area contributed by atoms with Crippen LogP contribution in [0.25, 0.3) is 21.1 Å². The van der Waals surface area contributed by atoms with Crippen molar-refractivity contribution in [1.82, 2.24) is 60.3 Å². The molecule has 2 unspecified atom stereocenters. The van der Waals surface area contributed by atoms with E-state index in [-0.39, 0.29) is 28.4 Å². The van der Waals surface area contributed by atoms with Gasteiger partial charge in [0.05, 0.1) is 120 Å². The number of nitrogens with one attached hydrogen (secondary N) is 4. The third-order valence-corrected chi connectivity index (χ3v) is 19.3. The highest BCUT2D eigenvalue weighted by molar-refractivity contribution is 7.93. The van der Waals surface area contributed by atoms with E-state index >= 15 is 0 Å². The fourth-order valence-electron chi connectivity index (χ4n) is 9.01. The number of morpholine rings is 2. The van der Waals surface area contributed by atoms with Gasteiger partial charge in [0.1, 0.15) is 11.4 Å². The molecule has 4 aliphatic rings. The summed E-state index contributed by atoms with van der Waals surface area (Å²) >= 11 is 2.30. The summed E-state index contributed by atoms with van der Waals surface area (Å²) in [7, 11) is -7.32. The fraction of sp³-hybridized carbons (Fsp3) is 0.480. The van der Waals surface area contributed by atoms with Crippen LogP contribution in [0.2, 0.25) is 0 Å². The Bertz CT molecular complexity index is 3260. The lowest BCUT2D eigenvalue weighted by Crippen LogP contribution is -2.39. The number of rotatable bonds is 26. The van der Waals surface area contributed by atoms with Crippen LogP contribution in [-0.4, -0.2) is 168 Å². The maximum absolute atomic E-state index is 13.8. The molecular weight excluding hydrogens is 1080 g/mol. The second-order valence-corrected chi connectivity index (χ2v) is 25.0. The van der Waals surface area contributed by atoms with Crippen LogP contribution in [0.4, 0.5) is 11.4 Å². The summed E-state index contributed by atoms with van der Waals surface area (Å²) in [4.78, 5) is 68.7. The van der Waals surface area contributed by atoms with E-state index in [9.17, 15) is 26.4 Å². The number of carbonyl (C=O) groups is 2. The van der Waals surface area contributed by atoms with Crippen LogP contribution in [0.15, 0.2) is 73.8 Å². The van der Waals surface area contributed by atoms with Gasteiger partial charge in [-0.3, -0.25) is 48.8 Å². The first-order valence-electron chi connectivity index (χ1n) is 25.8. The van der Waals surface area contributed by atoms with Gasteiger partial charge in [0, 0.05) is 64.1 Å². The lowest BCUT2D eigenvalue weighted by Gasteiger charge is -2.28. The molecule has 10 rings (SSSR count). The number of anilines is 2. The molecule has 0 aromatic carbocycles. The molecule has 414 valence electrons. The highest BCUT2D eigenvalue weighted by atomic mass is 32.2. The summed E-state index contributed by atoms with van der Waals surface area (Å²) in [6.45, 7) is 9.26. The topological polar surface area (TPSA) is 297 Å². The van der Waals surface area contributed by atoms with E-state index in [1.165, 1.54) is 36.1 Å². The van der Waals surface area contributed by atoms with Crippen molar-refractivity contribution in [2.24, 2.45) is 5.92 Å². The fourth-order valence-corrected chi connectivity index (χ4v) is 13.7. The molecule has 2 saturated carbocycles. The number of hydrogen-bond acceptors (Lipinski definition) is 22. The molecule has 4 atom stereocenters. The van der Waals surface area contributed by atoms with Crippen LogP contribution in [0.1, 0.15) is 88.5 Å². The van der Waals surface area contributed by atoms with Crippen molar-refractivity contribution in [3.05, 3.63) is 95.2 Å². The minimum absolute atomic E-state index is 0.165. The largest absolute Gasteiger partial charge is 0.477 e. The van der Waals surface area contributed by atoms with Crippen LogP contribution in [0.3, 0.4) is 0 Å². The second kappa shape index (κ2) is 25.2. The van der Waals surface area contributed by atoms with E-state index in [1.807, 2.05) is 6.92 Å². The summed E-state index contributed by atoms with van der Waals surface area (Å²) in [6.07, 6.45) is 15.4. The number of hydrogen-bond donors (Lipinski definition) is 4. The number of aromatic nitrogens is 8. The van der Waals surface area contributed by atoms with Crippen molar-refractivity contribution in [2.45, 2.75) is 68.0 Å². The van der Waals surface area contributed by atoms with Gasteiger partial charge in [0.2, 0.25) is 31.8 Å². The molecular formula is C50H60N14O10S4. The highest BCUT2D eigenvalue weighted by Gasteiger charge is 2.47. The zero-order valence-electron chi connectivity index (χ0n) is 42.7. The van der Waals surface area contributed by atoms with E-state index in [2.05, 4.69) is 69.7 Å². The van der Waals surface area contributed by atoms with Gasteiger partial charge in [-0.25, -0.2) is 36.8 Å². The van der Waals surface area contributed by atoms with Gasteiger partial charge in [-0.1, -0.05) is 0 Å². The van der Waals surface area contributed by atoms with E-state index in [0.29, 0.717) is 134 Å². The zero-order valence-corrected chi connectivity index (χ0v) is 46.0. The van der Waals surface area contributed by atoms with Crippen LogP contribution in [-0.2, 0) is 29.5 Å². The molecule has 6 aromatic heterocycles. The maximum Gasteiger partial charge on any atom is 0.280 e. The van der Waals surface area contributed by atoms with Crippen LogP contribution in [0.5, 0.6) is 11.8 Å². The van der Waals surface area contributed by atoms with Gasteiger partial charge < -0.3 is 29.6 Å². The van der Waals surface area contributed by atoms with E-state index in [0.717, 1.165) is 37.5 Å². The number of thiazole rings is 2. The summed E-state index contributed by atoms with van der Waals surface area (Å²) < 4.78 is 80.9. The third-order valence-electron chi connectivity index (χ3n) is 13.5. The number of nitrogens with zero attached hydrogens (tertiary/aromatic N) is 10. The monoisotopic (exact) mass is 1140 g/mol. The molecule has 0 spiro atoms. The summed E-state index contributed by atoms with van der Waals surface area (Å²) in [5, 5.41) is 5.53. The van der Waals surface area contributed by atoms with Gasteiger partial charge in [0.15, 0.2) is 10.0 Å². The lowest BCUT2D eigenvalue weighted by atomic mass is 10.1. The summed E-state index contributed by atoms with van der Waals surface area (Å²) in [5.74, 6) is -0.399. The SMILES string of the molecule is CCOc1cncc(-c2cnc(C(=O)N[C@H](CCN3CCOCC3)c3cc(NS(=O)(=O)C4CC4CCOc4cncc(-c5cnc(C(=O)N[C@@H](CCN6CCOCC6)c6cc(NS(=O)(=O)C7CC7)ccn6)s5)n4)ccn3)s2)n1. The van der Waals surface area contributed by atoms with Gasteiger partial charge in [-0.05, 0) is 75.6 Å². The van der Waals surface area contributed by atoms with Crippen molar-refractivity contribution < 1.29 is 45.4 Å². The molecule has 2 amide bonds. The van der Waals surface area contributed by atoms with E-state index in [1.54, 1.807) is 49.1 Å². The molecule has 2 aliphatic heterocycles. The summed E-state index contributed by atoms with van der Waals surface area (Å²) in [5.41, 5.74) is 2.68. The molecule has 4 fully saturated rings. The Labute approximate surface area is 459 Å². The van der Waals surface area contributed by atoms with Crippen LogP contribution in [0, 0.1) is 5.92 Å². The molecule has 0 bridgehead atoms. The maximum atomic E-state index is 13.8. The van der Waals surface area contributed by atoms with E-state index in [4.69, 9.17) is 18.9 Å². The minimum Gasteiger partial charge on any atom is -0.477 e. The third kappa shape index (κ3) is 14.6. The van der Waals surface area contributed by atoms with Crippen molar-refractivity contribution in [1.29, 1.82) is 0 Å². The number of sulfonamides is 2. The Kier molecular flexibility index (Phi) is 17.7. The predicted molar refractivity (Wildman–Crippen MR) is 290 cm³/mol.